The van der Waals surface area contributed by atoms with E-state index >= 15 is 0 Å². The molecule has 2 rings (SSSR count). The number of carbonyl (C=O) groups is 1. The Morgan fingerprint density at radius 3 is 2.76 bits per heavy atom. The third kappa shape index (κ3) is 1.67. The van der Waals surface area contributed by atoms with E-state index in [2.05, 4.69) is 4.98 Å². The molecule has 0 bridgehead atoms. The zero-order valence-corrected chi connectivity index (χ0v) is 8.75. The first-order valence-electron chi connectivity index (χ1n) is 4.59. The minimum absolute atomic E-state index is 0.0372. The zero-order valence-electron chi connectivity index (χ0n) is 8.75. The number of nitrogens with zero attached hydrogens (tertiary/aromatic N) is 2. The smallest absolute Gasteiger partial charge is 0.358 e. The molecule has 88 valence electrons. The fourth-order valence-electron chi connectivity index (χ4n) is 1.37. The number of rotatable bonds is 2. The van der Waals surface area contributed by atoms with Crippen LogP contribution < -0.4 is 5.56 Å². The molecule has 2 heterocycles. The predicted molar refractivity (Wildman–Crippen MR) is 55.8 cm³/mol. The van der Waals surface area contributed by atoms with Gasteiger partial charge in [-0.2, -0.15) is 0 Å². The summed E-state index contributed by atoms with van der Waals surface area (Å²) in [6.45, 7) is 0. The van der Waals surface area contributed by atoms with Crippen LogP contribution in [0.4, 0.5) is 0 Å². The molecule has 7 heteroatoms. The molecule has 17 heavy (non-hydrogen) atoms. The lowest BCUT2D eigenvalue weighted by Crippen LogP contribution is -2.23. The summed E-state index contributed by atoms with van der Waals surface area (Å²) in [4.78, 5) is 26.1. The SMILES string of the molecule is Cn1c(-c2ccco2)nc(C(=O)O)c(O)c1=O. The highest BCUT2D eigenvalue weighted by atomic mass is 16.4. The van der Waals surface area contributed by atoms with Crippen LogP contribution in [-0.2, 0) is 7.05 Å². The lowest BCUT2D eigenvalue weighted by molar-refractivity contribution is 0.0686. The summed E-state index contributed by atoms with van der Waals surface area (Å²) in [6.07, 6.45) is 1.37. The molecule has 2 aromatic heterocycles. The maximum atomic E-state index is 11.6. The summed E-state index contributed by atoms with van der Waals surface area (Å²) in [5, 5.41) is 18.2. The highest BCUT2D eigenvalue weighted by Gasteiger charge is 2.20. The summed E-state index contributed by atoms with van der Waals surface area (Å²) >= 11 is 0. The van der Waals surface area contributed by atoms with Gasteiger partial charge in [-0.3, -0.25) is 9.36 Å². The normalized spacial score (nSPS) is 10.4. The van der Waals surface area contributed by atoms with E-state index in [1.165, 1.54) is 19.4 Å². The topological polar surface area (TPSA) is 106 Å². The van der Waals surface area contributed by atoms with Crippen molar-refractivity contribution in [3.05, 3.63) is 34.4 Å². The van der Waals surface area contributed by atoms with Crippen LogP contribution in [0.5, 0.6) is 5.75 Å². The van der Waals surface area contributed by atoms with Crippen LogP contribution >= 0.6 is 0 Å². The number of aromatic hydroxyl groups is 1. The zero-order chi connectivity index (χ0) is 12.6. The summed E-state index contributed by atoms with van der Waals surface area (Å²) in [5.41, 5.74) is -1.54. The Labute approximate surface area is 94.6 Å². The molecule has 0 aliphatic heterocycles. The van der Waals surface area contributed by atoms with E-state index in [9.17, 15) is 14.7 Å². The van der Waals surface area contributed by atoms with Crippen molar-refractivity contribution in [2.45, 2.75) is 0 Å². The van der Waals surface area contributed by atoms with Crippen molar-refractivity contribution in [1.82, 2.24) is 9.55 Å². The monoisotopic (exact) mass is 236 g/mol. The summed E-state index contributed by atoms with van der Waals surface area (Å²) < 4.78 is 6.05. The molecule has 0 aromatic carbocycles. The van der Waals surface area contributed by atoms with Crippen molar-refractivity contribution < 1.29 is 19.4 Å². The van der Waals surface area contributed by atoms with E-state index in [-0.39, 0.29) is 11.6 Å². The Morgan fingerprint density at radius 2 is 2.24 bits per heavy atom. The lowest BCUT2D eigenvalue weighted by Gasteiger charge is -2.06. The number of carboxylic acids is 1. The van der Waals surface area contributed by atoms with Crippen LogP contribution in [0, 0.1) is 0 Å². The first-order chi connectivity index (χ1) is 8.02. The second-order valence-electron chi connectivity index (χ2n) is 3.28. The highest BCUT2D eigenvalue weighted by molar-refractivity contribution is 5.88. The predicted octanol–water partition coefficient (Wildman–Crippen LogP) is 0.444. The fourth-order valence-corrected chi connectivity index (χ4v) is 1.37. The van der Waals surface area contributed by atoms with E-state index in [1.807, 2.05) is 0 Å². The van der Waals surface area contributed by atoms with Gasteiger partial charge >= 0.3 is 5.97 Å². The van der Waals surface area contributed by atoms with Gasteiger partial charge in [-0.15, -0.1) is 0 Å². The van der Waals surface area contributed by atoms with E-state index in [4.69, 9.17) is 9.52 Å². The average molecular weight is 236 g/mol. The second-order valence-corrected chi connectivity index (χ2v) is 3.28. The van der Waals surface area contributed by atoms with Crippen LogP contribution in [0.3, 0.4) is 0 Å². The first kappa shape index (κ1) is 10.9. The first-order valence-corrected chi connectivity index (χ1v) is 4.59. The minimum atomic E-state index is -1.48. The van der Waals surface area contributed by atoms with Crippen LogP contribution in [0.2, 0.25) is 0 Å². The minimum Gasteiger partial charge on any atom is -0.501 e. The third-order valence-corrected chi connectivity index (χ3v) is 2.21. The number of furan rings is 1. The van der Waals surface area contributed by atoms with Gasteiger partial charge in [0.25, 0.3) is 5.56 Å². The van der Waals surface area contributed by atoms with Crippen molar-refractivity contribution >= 4 is 5.97 Å². The number of carboxylic acid groups (broad SMARTS) is 1. The summed E-state index contributed by atoms with van der Waals surface area (Å²) in [6, 6.07) is 3.11. The molecule has 0 fully saturated rings. The van der Waals surface area contributed by atoms with Gasteiger partial charge in [0, 0.05) is 7.05 Å². The molecule has 0 atom stereocenters. The lowest BCUT2D eigenvalue weighted by atomic mass is 10.3. The second kappa shape index (κ2) is 3.78. The molecule has 0 unspecified atom stereocenters. The van der Waals surface area contributed by atoms with E-state index in [1.54, 1.807) is 6.07 Å². The van der Waals surface area contributed by atoms with Crippen LogP contribution in [0.25, 0.3) is 11.6 Å². The molecule has 0 amide bonds. The van der Waals surface area contributed by atoms with E-state index in [0.29, 0.717) is 0 Å². The number of hydrogen-bond acceptors (Lipinski definition) is 5. The molecule has 0 saturated carbocycles. The molecule has 0 aliphatic rings. The highest BCUT2D eigenvalue weighted by Crippen LogP contribution is 2.18. The van der Waals surface area contributed by atoms with E-state index in [0.717, 1.165) is 4.57 Å². The van der Waals surface area contributed by atoms with Gasteiger partial charge in [-0.1, -0.05) is 0 Å². The third-order valence-electron chi connectivity index (χ3n) is 2.21. The molecular formula is C10H8N2O5. The number of hydrogen-bond donors (Lipinski definition) is 2. The molecule has 2 N–H and O–H groups in total. The van der Waals surface area contributed by atoms with Gasteiger partial charge in [0.2, 0.25) is 5.75 Å². The van der Waals surface area contributed by atoms with Crippen molar-refractivity contribution in [3.63, 3.8) is 0 Å². The molecule has 0 spiro atoms. The van der Waals surface area contributed by atoms with Crippen LogP contribution in [-0.4, -0.2) is 25.7 Å². The molecule has 7 nitrogen and oxygen atoms in total. The van der Waals surface area contributed by atoms with Crippen molar-refractivity contribution in [2.75, 3.05) is 0 Å². The Balaban J connectivity index is 2.78. The Bertz CT molecular complexity index is 627. The Kier molecular flexibility index (Phi) is 2.43. The Hall–Kier alpha value is -2.57. The quantitative estimate of drug-likeness (QED) is 0.783. The largest absolute Gasteiger partial charge is 0.501 e. The number of aromatic carboxylic acids is 1. The van der Waals surface area contributed by atoms with Crippen molar-refractivity contribution in [1.29, 1.82) is 0 Å². The molecular weight excluding hydrogens is 228 g/mol. The van der Waals surface area contributed by atoms with Gasteiger partial charge in [-0.05, 0) is 12.1 Å². The molecule has 0 radical (unpaired) electrons. The number of aromatic nitrogens is 2. The summed E-state index contributed by atoms with van der Waals surface area (Å²) in [7, 11) is 1.36. The fraction of sp³-hybridized carbons (Fsp3) is 0.100. The maximum absolute atomic E-state index is 11.6. The maximum Gasteiger partial charge on any atom is 0.358 e. The van der Waals surface area contributed by atoms with Gasteiger partial charge in [0.05, 0.1) is 6.26 Å². The molecule has 2 aromatic rings. The van der Waals surface area contributed by atoms with Crippen LogP contribution in [0.15, 0.2) is 27.6 Å². The van der Waals surface area contributed by atoms with Gasteiger partial charge in [-0.25, -0.2) is 9.78 Å². The van der Waals surface area contributed by atoms with Crippen molar-refractivity contribution in [3.8, 4) is 17.3 Å². The van der Waals surface area contributed by atoms with Crippen LogP contribution in [0.1, 0.15) is 10.5 Å². The van der Waals surface area contributed by atoms with Gasteiger partial charge < -0.3 is 14.6 Å². The Morgan fingerprint density at radius 1 is 1.53 bits per heavy atom. The van der Waals surface area contributed by atoms with Gasteiger partial charge in [0.1, 0.15) is 0 Å². The standard InChI is InChI=1S/C10H8N2O5/c1-12-8(5-3-2-4-17-5)11-6(10(15)16)7(13)9(12)14/h2-4,13H,1H3,(H,15,16). The van der Waals surface area contributed by atoms with E-state index < -0.39 is 23.0 Å². The average Bonchev–Trinajstić information content (AvgIpc) is 2.79. The molecule has 0 aliphatic carbocycles. The van der Waals surface area contributed by atoms with Gasteiger partial charge in [0.15, 0.2) is 17.3 Å². The van der Waals surface area contributed by atoms with Crippen molar-refractivity contribution in [2.24, 2.45) is 7.05 Å². The summed E-state index contributed by atoms with van der Waals surface area (Å²) in [5.74, 6) is -2.09. The molecule has 0 saturated heterocycles.